The zero-order valence-corrected chi connectivity index (χ0v) is 19.5. The van der Waals surface area contributed by atoms with E-state index in [0.717, 1.165) is 29.8 Å². The number of likely N-dealkylation sites (tertiary alicyclic amines) is 1. The summed E-state index contributed by atoms with van der Waals surface area (Å²) in [5, 5.41) is 4.62. The highest BCUT2D eigenvalue weighted by Gasteiger charge is 2.28. The molecular weight excluding hydrogens is 424 g/mol. The minimum absolute atomic E-state index is 0.0980. The maximum atomic E-state index is 13.3. The average Bonchev–Trinajstić information content (AvgIpc) is 3.33. The fourth-order valence-corrected chi connectivity index (χ4v) is 4.22. The molecule has 1 aliphatic heterocycles. The van der Waals surface area contributed by atoms with Crippen molar-refractivity contribution in [3.63, 3.8) is 0 Å². The molecule has 34 heavy (non-hydrogen) atoms. The predicted octanol–water partition coefficient (Wildman–Crippen LogP) is 5.23. The third-order valence-corrected chi connectivity index (χ3v) is 6.34. The van der Waals surface area contributed by atoms with E-state index in [9.17, 15) is 4.79 Å². The molecule has 0 saturated carbocycles. The first-order valence-corrected chi connectivity index (χ1v) is 11.7. The van der Waals surface area contributed by atoms with Gasteiger partial charge in [0.1, 0.15) is 11.9 Å². The Bertz CT molecular complexity index is 1220. The number of aromatic nitrogens is 3. The maximum absolute atomic E-state index is 13.3. The van der Waals surface area contributed by atoms with E-state index in [1.165, 1.54) is 11.1 Å². The number of benzene rings is 3. The van der Waals surface area contributed by atoms with Crippen LogP contribution in [-0.2, 0) is 0 Å². The smallest absolute Gasteiger partial charge is 0.293 e. The Labute approximate surface area is 199 Å². The van der Waals surface area contributed by atoms with Gasteiger partial charge in [0.2, 0.25) is 5.82 Å². The molecule has 1 aliphatic rings. The van der Waals surface area contributed by atoms with Gasteiger partial charge < -0.3 is 9.64 Å². The molecule has 3 aromatic carbocycles. The Hall–Kier alpha value is -3.93. The molecule has 0 aliphatic carbocycles. The van der Waals surface area contributed by atoms with Gasteiger partial charge in [-0.15, -0.1) is 5.10 Å². The lowest BCUT2D eigenvalue weighted by atomic mass is 10.1. The van der Waals surface area contributed by atoms with Crippen molar-refractivity contribution in [2.24, 2.45) is 0 Å². The second-order valence-electron chi connectivity index (χ2n) is 8.73. The molecule has 6 heteroatoms. The van der Waals surface area contributed by atoms with Crippen molar-refractivity contribution >= 4 is 5.91 Å². The topological polar surface area (TPSA) is 60.2 Å². The molecule has 1 saturated heterocycles. The largest absolute Gasteiger partial charge is 0.490 e. The van der Waals surface area contributed by atoms with Crippen molar-refractivity contribution in [2.45, 2.75) is 32.8 Å². The van der Waals surface area contributed by atoms with Gasteiger partial charge in [-0.3, -0.25) is 4.79 Å². The number of nitrogens with zero attached hydrogens (tertiary/aromatic N) is 4. The minimum atomic E-state index is -0.142. The summed E-state index contributed by atoms with van der Waals surface area (Å²) in [5.74, 6) is 1.62. The lowest BCUT2D eigenvalue weighted by Gasteiger charge is -2.31. The SMILES string of the molecule is Cc1ccc(OC2CCN(C(=O)c3nc(-c4ccccc4)n(-c4ccccc4)n3)CC2)cc1C. The number of para-hydroxylation sites is 1. The van der Waals surface area contributed by atoms with E-state index in [1.807, 2.05) is 71.6 Å². The number of rotatable bonds is 5. The molecule has 0 radical (unpaired) electrons. The van der Waals surface area contributed by atoms with Gasteiger partial charge in [-0.1, -0.05) is 54.6 Å². The Balaban J connectivity index is 1.32. The molecule has 1 amide bonds. The van der Waals surface area contributed by atoms with Crippen LogP contribution in [0.2, 0.25) is 0 Å². The number of aryl methyl sites for hydroxylation is 2. The van der Waals surface area contributed by atoms with Crippen molar-refractivity contribution in [3.05, 3.63) is 95.8 Å². The van der Waals surface area contributed by atoms with E-state index in [0.29, 0.717) is 18.9 Å². The van der Waals surface area contributed by atoms with E-state index >= 15 is 0 Å². The zero-order valence-electron chi connectivity index (χ0n) is 19.5. The van der Waals surface area contributed by atoms with E-state index in [4.69, 9.17) is 4.74 Å². The molecule has 1 aromatic heterocycles. The summed E-state index contributed by atoms with van der Waals surface area (Å²) in [6, 6.07) is 25.8. The highest BCUT2D eigenvalue weighted by molar-refractivity contribution is 5.91. The number of amides is 1. The molecule has 6 nitrogen and oxygen atoms in total. The van der Waals surface area contributed by atoms with Gasteiger partial charge in [0.15, 0.2) is 5.82 Å². The number of ether oxygens (including phenoxy) is 1. The van der Waals surface area contributed by atoms with E-state index in [-0.39, 0.29) is 17.8 Å². The molecule has 0 spiro atoms. The van der Waals surface area contributed by atoms with Crippen LogP contribution >= 0.6 is 0 Å². The van der Waals surface area contributed by atoms with Gasteiger partial charge in [0, 0.05) is 31.5 Å². The van der Waals surface area contributed by atoms with Crippen LogP contribution in [0.25, 0.3) is 17.1 Å². The van der Waals surface area contributed by atoms with Crippen molar-refractivity contribution in [1.29, 1.82) is 0 Å². The van der Waals surface area contributed by atoms with Crippen molar-refractivity contribution in [3.8, 4) is 22.8 Å². The van der Waals surface area contributed by atoms with Gasteiger partial charge in [0.25, 0.3) is 5.91 Å². The first-order valence-electron chi connectivity index (χ1n) is 11.7. The average molecular weight is 453 g/mol. The summed E-state index contributed by atoms with van der Waals surface area (Å²) < 4.78 is 7.94. The molecule has 0 atom stereocenters. The molecule has 4 aromatic rings. The van der Waals surface area contributed by atoms with Crippen LogP contribution in [0.15, 0.2) is 78.9 Å². The molecule has 0 unspecified atom stereocenters. The number of hydrogen-bond donors (Lipinski definition) is 0. The van der Waals surface area contributed by atoms with Crippen LogP contribution in [0.5, 0.6) is 5.75 Å². The zero-order chi connectivity index (χ0) is 23.5. The summed E-state index contributed by atoms with van der Waals surface area (Å²) in [6.45, 7) is 5.43. The van der Waals surface area contributed by atoms with Crippen LogP contribution in [0.4, 0.5) is 0 Å². The van der Waals surface area contributed by atoms with Crippen LogP contribution in [0.1, 0.15) is 34.6 Å². The predicted molar refractivity (Wildman–Crippen MR) is 132 cm³/mol. The second-order valence-corrected chi connectivity index (χ2v) is 8.73. The standard InChI is InChI=1S/C28H28N4O2/c1-20-13-14-25(19-21(20)2)34-24-15-17-31(18-16-24)28(33)26-29-27(22-9-5-3-6-10-22)32(30-26)23-11-7-4-8-12-23/h3-14,19,24H,15-18H2,1-2H3. The fourth-order valence-electron chi connectivity index (χ4n) is 4.22. The first kappa shape index (κ1) is 21.9. The Morgan fingerprint density at radius 2 is 1.56 bits per heavy atom. The lowest BCUT2D eigenvalue weighted by Crippen LogP contribution is -2.42. The highest BCUT2D eigenvalue weighted by Crippen LogP contribution is 2.24. The number of carbonyl (C=O) groups excluding carboxylic acids is 1. The molecule has 5 rings (SSSR count). The Kier molecular flexibility index (Phi) is 6.12. The summed E-state index contributed by atoms with van der Waals surface area (Å²) in [4.78, 5) is 19.8. The van der Waals surface area contributed by atoms with Crippen molar-refractivity contribution in [2.75, 3.05) is 13.1 Å². The van der Waals surface area contributed by atoms with E-state index in [1.54, 1.807) is 4.68 Å². The number of hydrogen-bond acceptors (Lipinski definition) is 4. The molecule has 0 N–H and O–H groups in total. The molecule has 2 heterocycles. The summed E-state index contributed by atoms with van der Waals surface area (Å²) in [6.07, 6.45) is 1.66. The highest BCUT2D eigenvalue weighted by atomic mass is 16.5. The molecule has 1 fully saturated rings. The van der Waals surface area contributed by atoms with Crippen LogP contribution < -0.4 is 4.74 Å². The van der Waals surface area contributed by atoms with Crippen LogP contribution in [-0.4, -0.2) is 44.8 Å². The molecule has 0 bridgehead atoms. The van der Waals surface area contributed by atoms with Crippen LogP contribution in [0.3, 0.4) is 0 Å². The second kappa shape index (κ2) is 9.51. The fraction of sp³-hybridized carbons (Fsp3) is 0.250. The lowest BCUT2D eigenvalue weighted by molar-refractivity contribution is 0.0584. The summed E-state index contributed by atoms with van der Waals surface area (Å²) in [5.41, 5.74) is 4.26. The van der Waals surface area contributed by atoms with Crippen molar-refractivity contribution in [1.82, 2.24) is 19.7 Å². The van der Waals surface area contributed by atoms with E-state index in [2.05, 4.69) is 36.1 Å². The summed E-state index contributed by atoms with van der Waals surface area (Å²) >= 11 is 0. The van der Waals surface area contributed by atoms with Crippen molar-refractivity contribution < 1.29 is 9.53 Å². The van der Waals surface area contributed by atoms with Gasteiger partial charge in [-0.2, -0.15) is 0 Å². The molecular formula is C28H28N4O2. The maximum Gasteiger partial charge on any atom is 0.293 e. The third kappa shape index (κ3) is 4.57. The third-order valence-electron chi connectivity index (χ3n) is 6.34. The van der Waals surface area contributed by atoms with Gasteiger partial charge in [-0.25, -0.2) is 9.67 Å². The Morgan fingerprint density at radius 1 is 0.882 bits per heavy atom. The monoisotopic (exact) mass is 452 g/mol. The number of piperidine rings is 1. The van der Waals surface area contributed by atoms with Crippen LogP contribution in [0, 0.1) is 13.8 Å². The van der Waals surface area contributed by atoms with Gasteiger partial charge >= 0.3 is 0 Å². The van der Waals surface area contributed by atoms with E-state index < -0.39 is 0 Å². The molecule has 172 valence electrons. The summed E-state index contributed by atoms with van der Waals surface area (Å²) in [7, 11) is 0. The quantitative estimate of drug-likeness (QED) is 0.416. The van der Waals surface area contributed by atoms with Gasteiger partial charge in [0.05, 0.1) is 5.69 Å². The minimum Gasteiger partial charge on any atom is -0.490 e. The Morgan fingerprint density at radius 3 is 2.24 bits per heavy atom. The normalized spacial score (nSPS) is 14.2. The van der Waals surface area contributed by atoms with Gasteiger partial charge in [-0.05, 0) is 49.2 Å². The first-order chi connectivity index (χ1) is 16.6. The number of carbonyl (C=O) groups is 1.